The van der Waals surface area contributed by atoms with Crippen LogP contribution in [-0.2, 0) is 6.42 Å². The van der Waals surface area contributed by atoms with E-state index in [-0.39, 0.29) is 17.8 Å². The number of ether oxygens (including phenoxy) is 2. The number of nitrogens with one attached hydrogen (secondary N) is 1. The zero-order valence-electron chi connectivity index (χ0n) is 15.1. The van der Waals surface area contributed by atoms with Gasteiger partial charge in [0.2, 0.25) is 0 Å². The number of hydrogen-bond acceptors (Lipinski definition) is 3. The minimum atomic E-state index is -4.67. The minimum absolute atomic E-state index is 0.139. The van der Waals surface area contributed by atoms with Crippen molar-refractivity contribution in [3.05, 3.63) is 59.7 Å². The lowest BCUT2D eigenvalue weighted by molar-refractivity contribution is -0.274. The van der Waals surface area contributed by atoms with Crippen molar-refractivity contribution < 1.29 is 22.6 Å². The topological polar surface area (TPSA) is 30.5 Å². The molecule has 2 aromatic rings. The summed E-state index contributed by atoms with van der Waals surface area (Å²) in [5, 5.41) is 3.50. The summed E-state index contributed by atoms with van der Waals surface area (Å²) in [7, 11) is 1.64. The number of hydrogen-bond donors (Lipinski definition) is 1. The first-order valence-corrected chi connectivity index (χ1v) is 8.51. The van der Waals surface area contributed by atoms with Crippen LogP contribution in [0.25, 0.3) is 0 Å². The van der Waals surface area contributed by atoms with Gasteiger partial charge in [0.05, 0.1) is 7.11 Å². The Bertz CT molecular complexity index is 703. The number of methoxy groups -OCH3 is 1. The lowest BCUT2D eigenvalue weighted by Crippen LogP contribution is -2.29. The van der Waals surface area contributed by atoms with Gasteiger partial charge in [-0.05, 0) is 62.1 Å². The summed E-state index contributed by atoms with van der Waals surface area (Å²) in [5.74, 6) is 0.630. The second-order valence-corrected chi connectivity index (χ2v) is 6.30. The average molecular weight is 367 g/mol. The molecule has 0 fully saturated rings. The Balaban J connectivity index is 1.88. The minimum Gasteiger partial charge on any atom is -0.497 e. The van der Waals surface area contributed by atoms with Crippen molar-refractivity contribution in [3.8, 4) is 11.5 Å². The first kappa shape index (κ1) is 20.1. The third kappa shape index (κ3) is 6.59. The van der Waals surface area contributed by atoms with Crippen LogP contribution in [0.5, 0.6) is 11.5 Å². The molecule has 0 aliphatic carbocycles. The van der Waals surface area contributed by atoms with Gasteiger partial charge >= 0.3 is 6.36 Å². The molecule has 142 valence electrons. The molecule has 0 heterocycles. The summed E-state index contributed by atoms with van der Waals surface area (Å²) in [6, 6.07) is 14.3. The number of rotatable bonds is 8. The highest BCUT2D eigenvalue weighted by Gasteiger charge is 2.31. The number of alkyl halides is 3. The summed E-state index contributed by atoms with van der Waals surface area (Å²) in [6.07, 6.45) is -3.21. The smallest absolute Gasteiger partial charge is 0.497 e. The van der Waals surface area contributed by atoms with Crippen LogP contribution in [0.15, 0.2) is 48.5 Å². The second-order valence-electron chi connectivity index (χ2n) is 6.30. The Kier molecular flexibility index (Phi) is 6.91. The van der Waals surface area contributed by atoms with Crippen LogP contribution in [0.3, 0.4) is 0 Å². The molecule has 0 aliphatic rings. The third-order valence-electron chi connectivity index (χ3n) is 4.13. The predicted molar refractivity (Wildman–Crippen MR) is 95.5 cm³/mol. The molecule has 0 amide bonds. The maximum Gasteiger partial charge on any atom is 0.573 e. The molecule has 0 spiro atoms. The van der Waals surface area contributed by atoms with Gasteiger partial charge in [0.1, 0.15) is 11.5 Å². The second kappa shape index (κ2) is 8.94. The van der Waals surface area contributed by atoms with E-state index in [0.717, 1.165) is 23.3 Å². The molecular formula is C20H24F3NO2. The first-order valence-electron chi connectivity index (χ1n) is 8.51. The van der Waals surface area contributed by atoms with E-state index >= 15 is 0 Å². The van der Waals surface area contributed by atoms with Crippen molar-refractivity contribution in [1.82, 2.24) is 5.32 Å². The Labute approximate surface area is 152 Å². The molecule has 1 N–H and O–H groups in total. The number of benzene rings is 2. The van der Waals surface area contributed by atoms with Crippen LogP contribution in [0.2, 0.25) is 0 Å². The maximum atomic E-state index is 12.3. The third-order valence-corrected chi connectivity index (χ3v) is 4.13. The normalized spacial score (nSPS) is 13.9. The molecular weight excluding hydrogens is 343 g/mol. The monoisotopic (exact) mass is 367 g/mol. The molecule has 0 bridgehead atoms. The molecule has 0 unspecified atom stereocenters. The zero-order chi connectivity index (χ0) is 19.2. The summed E-state index contributed by atoms with van der Waals surface area (Å²) in [5.41, 5.74) is 1.94. The fourth-order valence-corrected chi connectivity index (χ4v) is 2.80. The molecule has 2 rings (SSSR count). The zero-order valence-corrected chi connectivity index (χ0v) is 15.1. The van der Waals surface area contributed by atoms with E-state index < -0.39 is 6.36 Å². The lowest BCUT2D eigenvalue weighted by atomic mass is 10.0. The number of halogens is 3. The largest absolute Gasteiger partial charge is 0.573 e. The van der Waals surface area contributed by atoms with Gasteiger partial charge in [0.25, 0.3) is 0 Å². The van der Waals surface area contributed by atoms with E-state index in [0.29, 0.717) is 6.42 Å². The van der Waals surface area contributed by atoms with Crippen LogP contribution in [-0.4, -0.2) is 19.5 Å². The van der Waals surface area contributed by atoms with Crippen LogP contribution in [0.1, 0.15) is 37.4 Å². The van der Waals surface area contributed by atoms with Gasteiger partial charge in [0.15, 0.2) is 0 Å². The molecule has 0 aromatic heterocycles. The molecule has 2 atom stereocenters. The summed E-state index contributed by atoms with van der Waals surface area (Å²) < 4.78 is 46.1. The highest BCUT2D eigenvalue weighted by molar-refractivity contribution is 5.30. The molecule has 3 nitrogen and oxygen atoms in total. The predicted octanol–water partition coefficient (Wildman–Crippen LogP) is 5.27. The maximum absolute atomic E-state index is 12.3. The van der Waals surface area contributed by atoms with E-state index in [9.17, 15) is 13.2 Å². The van der Waals surface area contributed by atoms with Gasteiger partial charge in [0, 0.05) is 12.1 Å². The molecule has 6 heteroatoms. The van der Waals surface area contributed by atoms with Crippen molar-refractivity contribution in [2.45, 2.75) is 45.1 Å². The van der Waals surface area contributed by atoms with Crippen LogP contribution in [0.4, 0.5) is 13.2 Å². The van der Waals surface area contributed by atoms with Gasteiger partial charge in [-0.2, -0.15) is 0 Å². The molecule has 26 heavy (non-hydrogen) atoms. The van der Waals surface area contributed by atoms with Crippen molar-refractivity contribution >= 4 is 0 Å². The van der Waals surface area contributed by atoms with E-state index in [1.807, 2.05) is 24.3 Å². The quantitative estimate of drug-likeness (QED) is 0.690. The van der Waals surface area contributed by atoms with Crippen molar-refractivity contribution in [2.75, 3.05) is 7.11 Å². The standard InChI is InChI=1S/C20H24F3NO2/c1-14(24-15(2)17-7-5-8-18(13-17)25-3)10-11-16-6-4-9-19(12-16)26-20(21,22)23/h4-9,12-15,24H,10-11H2,1-3H3/t14-,15-/m1/s1. The van der Waals surface area contributed by atoms with Crippen LogP contribution in [0, 0.1) is 0 Å². The van der Waals surface area contributed by atoms with E-state index in [4.69, 9.17) is 4.74 Å². The van der Waals surface area contributed by atoms with Crippen LogP contribution >= 0.6 is 0 Å². The van der Waals surface area contributed by atoms with Gasteiger partial charge in [-0.15, -0.1) is 13.2 Å². The Morgan fingerprint density at radius 2 is 1.69 bits per heavy atom. The Hall–Kier alpha value is -2.21. The van der Waals surface area contributed by atoms with Gasteiger partial charge < -0.3 is 14.8 Å². The summed E-state index contributed by atoms with van der Waals surface area (Å²) in [6.45, 7) is 4.13. The van der Waals surface area contributed by atoms with Crippen LogP contribution < -0.4 is 14.8 Å². The van der Waals surface area contributed by atoms with Gasteiger partial charge in [-0.25, -0.2) is 0 Å². The first-order chi connectivity index (χ1) is 12.3. The Morgan fingerprint density at radius 3 is 2.38 bits per heavy atom. The lowest BCUT2D eigenvalue weighted by Gasteiger charge is -2.21. The van der Waals surface area contributed by atoms with E-state index in [2.05, 4.69) is 23.9 Å². The molecule has 0 saturated carbocycles. The molecule has 0 radical (unpaired) electrons. The highest BCUT2D eigenvalue weighted by Crippen LogP contribution is 2.24. The summed E-state index contributed by atoms with van der Waals surface area (Å²) in [4.78, 5) is 0. The molecule has 2 aromatic carbocycles. The van der Waals surface area contributed by atoms with Crippen molar-refractivity contribution in [3.63, 3.8) is 0 Å². The van der Waals surface area contributed by atoms with Crippen molar-refractivity contribution in [1.29, 1.82) is 0 Å². The van der Waals surface area contributed by atoms with Gasteiger partial charge in [-0.3, -0.25) is 0 Å². The average Bonchev–Trinajstić information content (AvgIpc) is 2.59. The van der Waals surface area contributed by atoms with E-state index in [1.54, 1.807) is 19.2 Å². The molecule has 0 saturated heterocycles. The highest BCUT2D eigenvalue weighted by atomic mass is 19.4. The molecule has 0 aliphatic heterocycles. The SMILES string of the molecule is COc1cccc([C@@H](C)N[C@H](C)CCc2cccc(OC(F)(F)F)c2)c1. The van der Waals surface area contributed by atoms with Crippen molar-refractivity contribution in [2.24, 2.45) is 0 Å². The van der Waals surface area contributed by atoms with Gasteiger partial charge in [-0.1, -0.05) is 24.3 Å². The van der Waals surface area contributed by atoms with E-state index in [1.165, 1.54) is 12.1 Å². The Morgan fingerprint density at radius 1 is 1.00 bits per heavy atom. The fourth-order valence-electron chi connectivity index (χ4n) is 2.80. The summed E-state index contributed by atoms with van der Waals surface area (Å²) >= 11 is 0. The number of aryl methyl sites for hydroxylation is 1. The fraction of sp³-hybridized carbons (Fsp3) is 0.400.